The van der Waals surface area contributed by atoms with Crippen LogP contribution in [0.15, 0.2) is 42.5 Å². The number of aryl methyl sites for hydroxylation is 2. The third-order valence-electron chi connectivity index (χ3n) is 4.98. The van der Waals surface area contributed by atoms with Gasteiger partial charge in [-0.15, -0.1) is 11.3 Å². The van der Waals surface area contributed by atoms with E-state index in [2.05, 4.69) is 15.3 Å². The molecule has 8 nitrogen and oxygen atoms in total. The summed E-state index contributed by atoms with van der Waals surface area (Å²) in [7, 11) is 0. The molecule has 9 heteroatoms. The smallest absolute Gasteiger partial charge is 0.335 e. The zero-order chi connectivity index (χ0) is 23.7. The van der Waals surface area contributed by atoms with Crippen LogP contribution in [0.5, 0.6) is 5.75 Å². The van der Waals surface area contributed by atoms with Crippen molar-refractivity contribution in [3.63, 3.8) is 0 Å². The van der Waals surface area contributed by atoms with E-state index in [4.69, 9.17) is 4.74 Å². The van der Waals surface area contributed by atoms with Gasteiger partial charge in [0, 0.05) is 16.1 Å². The molecule has 168 valence electrons. The number of hydrogen-bond acceptors (Lipinski definition) is 7. The minimum Gasteiger partial charge on any atom is -0.494 e. The Morgan fingerprint density at radius 2 is 1.64 bits per heavy atom. The van der Waals surface area contributed by atoms with Crippen LogP contribution in [0.25, 0.3) is 21.3 Å². The highest BCUT2D eigenvalue weighted by Gasteiger charge is 2.19. The molecule has 0 amide bonds. The van der Waals surface area contributed by atoms with Gasteiger partial charge in [-0.3, -0.25) is 0 Å². The largest absolute Gasteiger partial charge is 0.494 e. The van der Waals surface area contributed by atoms with Crippen LogP contribution in [0.4, 0.5) is 11.5 Å². The first-order chi connectivity index (χ1) is 15.8. The Kier molecular flexibility index (Phi) is 5.97. The number of nitrogens with zero attached hydrogens (tertiary/aromatic N) is 2. The van der Waals surface area contributed by atoms with E-state index in [0.29, 0.717) is 23.9 Å². The molecule has 0 aliphatic rings. The Labute approximate surface area is 193 Å². The van der Waals surface area contributed by atoms with E-state index in [9.17, 15) is 19.8 Å². The van der Waals surface area contributed by atoms with Crippen molar-refractivity contribution in [2.45, 2.75) is 20.8 Å². The number of aromatic carboxylic acids is 2. The first-order valence-corrected chi connectivity index (χ1v) is 11.0. The van der Waals surface area contributed by atoms with Gasteiger partial charge in [-0.25, -0.2) is 19.6 Å². The zero-order valence-electron chi connectivity index (χ0n) is 18.2. The predicted octanol–water partition coefficient (Wildman–Crippen LogP) is 5.51. The SMILES string of the molecule is CCOc1ccc(-c2c(C)sc3nc(C)nc(Nc4cc(C(=O)O)cc(C(=O)O)c4)c23)cc1. The molecular weight excluding hydrogens is 442 g/mol. The van der Waals surface area contributed by atoms with E-state index in [-0.39, 0.29) is 11.1 Å². The van der Waals surface area contributed by atoms with E-state index in [1.54, 1.807) is 6.92 Å². The number of rotatable bonds is 7. The summed E-state index contributed by atoms with van der Waals surface area (Å²) in [6.45, 7) is 6.28. The van der Waals surface area contributed by atoms with Crippen LogP contribution in [-0.4, -0.2) is 38.7 Å². The molecule has 0 spiro atoms. The Morgan fingerprint density at radius 1 is 1.00 bits per heavy atom. The third-order valence-corrected chi connectivity index (χ3v) is 5.98. The highest BCUT2D eigenvalue weighted by molar-refractivity contribution is 7.19. The summed E-state index contributed by atoms with van der Waals surface area (Å²) in [6.07, 6.45) is 0. The van der Waals surface area contributed by atoms with Crippen molar-refractivity contribution in [2.24, 2.45) is 0 Å². The maximum absolute atomic E-state index is 11.5. The number of anilines is 2. The van der Waals surface area contributed by atoms with Gasteiger partial charge < -0.3 is 20.3 Å². The van der Waals surface area contributed by atoms with Gasteiger partial charge in [0.1, 0.15) is 22.2 Å². The van der Waals surface area contributed by atoms with Crippen LogP contribution in [0, 0.1) is 13.8 Å². The van der Waals surface area contributed by atoms with Crippen molar-refractivity contribution in [3.8, 4) is 16.9 Å². The summed E-state index contributed by atoms with van der Waals surface area (Å²) in [4.78, 5) is 34.0. The number of nitrogens with one attached hydrogen (secondary N) is 1. The summed E-state index contributed by atoms with van der Waals surface area (Å²) in [5.41, 5.74) is 1.96. The van der Waals surface area contributed by atoms with Crippen LogP contribution in [-0.2, 0) is 0 Å². The van der Waals surface area contributed by atoms with E-state index in [1.165, 1.54) is 23.5 Å². The summed E-state index contributed by atoms with van der Waals surface area (Å²) >= 11 is 1.53. The van der Waals surface area contributed by atoms with Gasteiger partial charge in [0.15, 0.2) is 0 Å². The van der Waals surface area contributed by atoms with Crippen molar-refractivity contribution < 1.29 is 24.5 Å². The fraction of sp³-hybridized carbons (Fsp3) is 0.167. The lowest BCUT2D eigenvalue weighted by molar-refractivity contribution is 0.0696. The normalized spacial score (nSPS) is 10.9. The zero-order valence-corrected chi connectivity index (χ0v) is 19.0. The molecule has 2 aromatic carbocycles. The van der Waals surface area contributed by atoms with E-state index in [1.807, 2.05) is 38.1 Å². The van der Waals surface area contributed by atoms with E-state index < -0.39 is 11.9 Å². The van der Waals surface area contributed by atoms with Crippen LogP contribution in [0.1, 0.15) is 38.3 Å². The number of thiophene rings is 1. The number of carboxylic acids is 2. The highest BCUT2D eigenvalue weighted by Crippen LogP contribution is 2.41. The second kappa shape index (κ2) is 8.87. The number of aromatic nitrogens is 2. The number of hydrogen-bond donors (Lipinski definition) is 3. The Bertz CT molecular complexity index is 1350. The summed E-state index contributed by atoms with van der Waals surface area (Å²) in [5, 5.41) is 22.7. The molecule has 0 saturated carbocycles. The van der Waals surface area contributed by atoms with Gasteiger partial charge in [-0.2, -0.15) is 0 Å². The Morgan fingerprint density at radius 3 is 2.21 bits per heavy atom. The molecule has 3 N–H and O–H groups in total. The average molecular weight is 464 g/mol. The Balaban J connectivity index is 1.87. The number of fused-ring (bicyclic) bond motifs is 1. The van der Waals surface area contributed by atoms with Crippen molar-refractivity contribution >= 4 is 45.0 Å². The number of carbonyl (C=O) groups is 2. The monoisotopic (exact) mass is 463 g/mol. The average Bonchev–Trinajstić information content (AvgIpc) is 3.10. The summed E-state index contributed by atoms with van der Waals surface area (Å²) in [5.74, 6) is -0.643. The lowest BCUT2D eigenvalue weighted by atomic mass is 10.0. The first-order valence-electron chi connectivity index (χ1n) is 10.2. The molecule has 0 saturated heterocycles. The number of carboxylic acid groups (broad SMARTS) is 2. The fourth-order valence-electron chi connectivity index (χ4n) is 3.62. The minimum atomic E-state index is -1.22. The Hall–Kier alpha value is -3.98. The van der Waals surface area contributed by atoms with Crippen LogP contribution in [0.2, 0.25) is 0 Å². The van der Waals surface area contributed by atoms with Gasteiger partial charge >= 0.3 is 11.9 Å². The van der Waals surface area contributed by atoms with Crippen molar-refractivity contribution in [3.05, 3.63) is 64.3 Å². The molecule has 2 aromatic heterocycles. The van der Waals surface area contributed by atoms with Gasteiger partial charge in [-0.1, -0.05) is 12.1 Å². The van der Waals surface area contributed by atoms with E-state index >= 15 is 0 Å². The topological polar surface area (TPSA) is 122 Å². The minimum absolute atomic E-state index is 0.132. The van der Waals surface area contributed by atoms with Gasteiger partial charge in [0.25, 0.3) is 0 Å². The molecule has 0 aliphatic carbocycles. The maximum atomic E-state index is 11.5. The second-order valence-corrected chi connectivity index (χ2v) is 8.53. The molecule has 0 radical (unpaired) electrons. The summed E-state index contributed by atoms with van der Waals surface area (Å²) < 4.78 is 5.55. The first kappa shape index (κ1) is 22.2. The van der Waals surface area contributed by atoms with E-state index in [0.717, 1.165) is 38.0 Å². The molecule has 0 atom stereocenters. The lowest BCUT2D eigenvalue weighted by Gasteiger charge is -2.12. The quantitative estimate of drug-likeness (QED) is 0.328. The molecular formula is C24H21N3O5S. The number of benzene rings is 2. The highest BCUT2D eigenvalue weighted by atomic mass is 32.1. The van der Waals surface area contributed by atoms with Crippen LogP contribution in [0.3, 0.4) is 0 Å². The van der Waals surface area contributed by atoms with Gasteiger partial charge in [0.2, 0.25) is 0 Å². The molecule has 0 aliphatic heterocycles. The third kappa shape index (κ3) is 4.49. The molecule has 4 rings (SSSR count). The van der Waals surface area contributed by atoms with Crippen molar-refractivity contribution in [1.82, 2.24) is 9.97 Å². The molecule has 4 aromatic rings. The molecule has 0 bridgehead atoms. The fourth-order valence-corrected chi connectivity index (χ4v) is 4.71. The van der Waals surface area contributed by atoms with Crippen molar-refractivity contribution in [1.29, 1.82) is 0 Å². The maximum Gasteiger partial charge on any atom is 0.335 e. The lowest BCUT2D eigenvalue weighted by Crippen LogP contribution is -2.05. The second-order valence-electron chi connectivity index (χ2n) is 7.32. The van der Waals surface area contributed by atoms with Crippen LogP contribution >= 0.6 is 11.3 Å². The van der Waals surface area contributed by atoms with Crippen molar-refractivity contribution in [2.75, 3.05) is 11.9 Å². The predicted molar refractivity (Wildman–Crippen MR) is 127 cm³/mol. The van der Waals surface area contributed by atoms with Crippen LogP contribution < -0.4 is 10.1 Å². The number of ether oxygens (including phenoxy) is 1. The van der Waals surface area contributed by atoms with Gasteiger partial charge in [0.05, 0.1) is 23.1 Å². The molecule has 0 fully saturated rings. The summed E-state index contributed by atoms with van der Waals surface area (Å²) in [6, 6.07) is 11.6. The standard InChI is InChI=1S/C24H21N3O5S/c1-4-32-18-7-5-14(6-8-18)19-12(2)33-22-20(19)21(25-13(3)26-22)27-17-10-15(23(28)29)9-16(11-17)24(30)31/h5-11H,4H2,1-3H3,(H,28,29)(H,30,31)(H,25,26,27). The molecule has 33 heavy (non-hydrogen) atoms. The van der Waals surface area contributed by atoms with Gasteiger partial charge in [-0.05, 0) is 56.7 Å². The molecule has 2 heterocycles. The molecule has 0 unspecified atom stereocenters.